The van der Waals surface area contributed by atoms with Gasteiger partial charge in [-0.3, -0.25) is 24.6 Å². The number of hydrogen-bond donors (Lipinski definition) is 1. The van der Waals surface area contributed by atoms with Crippen LogP contribution in [0, 0.1) is 16.0 Å². The number of anilines is 1. The zero-order valence-corrected chi connectivity index (χ0v) is 20.5. The third-order valence-electron chi connectivity index (χ3n) is 7.40. The first-order chi connectivity index (χ1) is 17.0. The molecule has 2 saturated heterocycles. The maximum Gasteiger partial charge on any atom is 0.269 e. The predicted octanol–water partition coefficient (Wildman–Crippen LogP) is 2.30. The Morgan fingerprint density at radius 3 is 2.71 bits per heavy atom. The first-order valence-electron chi connectivity index (χ1n) is 12.3. The van der Waals surface area contributed by atoms with Crippen molar-refractivity contribution >= 4 is 34.5 Å². The molecule has 1 aromatic heterocycles. The molecule has 1 aromatic carbocycles. The average Bonchev–Trinajstić information content (AvgIpc) is 3.57. The smallest absolute Gasteiger partial charge is 0.269 e. The Kier molecular flexibility index (Phi) is 7.01. The summed E-state index contributed by atoms with van der Waals surface area (Å²) in [7, 11) is 0. The van der Waals surface area contributed by atoms with E-state index in [4.69, 9.17) is 0 Å². The molecule has 0 aliphatic carbocycles. The summed E-state index contributed by atoms with van der Waals surface area (Å²) in [5, 5.41) is 16.5. The van der Waals surface area contributed by atoms with Crippen molar-refractivity contribution in [1.29, 1.82) is 0 Å². The maximum absolute atomic E-state index is 13.4. The van der Waals surface area contributed by atoms with Gasteiger partial charge in [0.05, 0.1) is 23.4 Å². The van der Waals surface area contributed by atoms with Crippen LogP contribution in [0.1, 0.15) is 23.3 Å². The van der Waals surface area contributed by atoms with Gasteiger partial charge >= 0.3 is 0 Å². The van der Waals surface area contributed by atoms with Gasteiger partial charge in [-0.25, -0.2) is 0 Å². The topological polar surface area (TPSA) is 99.0 Å². The summed E-state index contributed by atoms with van der Waals surface area (Å²) >= 11 is 1.67. The molecular formula is C25H31N5O4S. The second-order valence-electron chi connectivity index (χ2n) is 9.58. The Morgan fingerprint density at radius 1 is 1.14 bits per heavy atom. The zero-order valence-electron chi connectivity index (χ0n) is 19.7. The van der Waals surface area contributed by atoms with Crippen LogP contribution in [0.4, 0.5) is 11.4 Å². The molecule has 9 nitrogen and oxygen atoms in total. The molecule has 2 aromatic rings. The van der Waals surface area contributed by atoms with Gasteiger partial charge in [-0.05, 0) is 48.8 Å². The van der Waals surface area contributed by atoms with Crippen LogP contribution in [0.15, 0.2) is 35.7 Å². The number of nitro benzene ring substituents is 1. The lowest BCUT2D eigenvalue weighted by Crippen LogP contribution is -2.62. The van der Waals surface area contributed by atoms with Crippen LogP contribution in [0.2, 0.25) is 0 Å². The van der Waals surface area contributed by atoms with E-state index in [1.165, 1.54) is 4.88 Å². The van der Waals surface area contributed by atoms with E-state index in [-0.39, 0.29) is 34.4 Å². The number of carbonyl (C=O) groups excluding carboxylic acids is 2. The Morgan fingerprint density at radius 2 is 1.97 bits per heavy atom. The number of carbonyl (C=O) groups is 2. The highest BCUT2D eigenvalue weighted by atomic mass is 32.1. The molecule has 3 aliphatic rings. The van der Waals surface area contributed by atoms with Crippen molar-refractivity contribution in [3.8, 4) is 0 Å². The molecule has 1 N–H and O–H groups in total. The summed E-state index contributed by atoms with van der Waals surface area (Å²) < 4.78 is 0. The zero-order chi connectivity index (χ0) is 24.4. The van der Waals surface area contributed by atoms with E-state index in [2.05, 4.69) is 21.2 Å². The summed E-state index contributed by atoms with van der Waals surface area (Å²) in [4.78, 5) is 44.7. The molecule has 0 unspecified atom stereocenters. The van der Waals surface area contributed by atoms with Crippen LogP contribution < -0.4 is 10.2 Å². The van der Waals surface area contributed by atoms with E-state index in [1.807, 2.05) is 22.4 Å². The average molecular weight is 498 g/mol. The molecule has 3 aliphatic heterocycles. The lowest BCUT2D eigenvalue weighted by atomic mass is 9.83. The highest BCUT2D eigenvalue weighted by Crippen LogP contribution is 2.38. The molecule has 35 heavy (non-hydrogen) atoms. The number of hydrogen-bond acceptors (Lipinski definition) is 7. The van der Waals surface area contributed by atoms with Crippen molar-refractivity contribution in [2.75, 3.05) is 50.7 Å². The molecule has 2 fully saturated rings. The molecule has 4 heterocycles. The molecule has 0 radical (unpaired) electrons. The lowest BCUT2D eigenvalue weighted by Gasteiger charge is -2.49. The summed E-state index contributed by atoms with van der Waals surface area (Å²) in [6, 6.07) is 8.96. The van der Waals surface area contributed by atoms with Crippen LogP contribution in [-0.4, -0.2) is 78.4 Å². The fourth-order valence-corrected chi connectivity index (χ4v) is 6.29. The molecule has 186 valence electrons. The van der Waals surface area contributed by atoms with Crippen LogP contribution in [0.3, 0.4) is 0 Å². The first-order valence-corrected chi connectivity index (χ1v) is 13.2. The largest absolute Gasteiger partial charge is 0.365 e. The van der Waals surface area contributed by atoms with Crippen molar-refractivity contribution < 1.29 is 14.5 Å². The molecule has 5 rings (SSSR count). The molecule has 0 bridgehead atoms. The molecule has 2 atom stereocenters. The number of nitro groups is 1. The third-order valence-corrected chi connectivity index (χ3v) is 8.33. The van der Waals surface area contributed by atoms with Gasteiger partial charge in [0.2, 0.25) is 11.8 Å². The van der Waals surface area contributed by atoms with Crippen LogP contribution >= 0.6 is 11.3 Å². The molecular weight excluding hydrogens is 466 g/mol. The Labute approximate surface area is 208 Å². The minimum Gasteiger partial charge on any atom is -0.365 e. The number of fused-ring (bicyclic) bond motifs is 3. The molecule has 2 amide bonds. The summed E-state index contributed by atoms with van der Waals surface area (Å²) in [6.45, 7) is 4.64. The third kappa shape index (κ3) is 5.18. The monoisotopic (exact) mass is 497 g/mol. The minimum atomic E-state index is -0.385. The highest BCUT2D eigenvalue weighted by Gasteiger charge is 2.42. The number of benzene rings is 1. The quantitative estimate of drug-likeness (QED) is 0.466. The van der Waals surface area contributed by atoms with Crippen molar-refractivity contribution in [2.24, 2.45) is 5.92 Å². The summed E-state index contributed by atoms with van der Waals surface area (Å²) in [6.07, 6.45) is 3.37. The number of nitrogens with one attached hydrogen (secondary N) is 1. The Hall–Kier alpha value is -2.98. The van der Waals surface area contributed by atoms with Crippen LogP contribution in [-0.2, 0) is 22.4 Å². The molecule has 0 saturated carbocycles. The van der Waals surface area contributed by atoms with E-state index in [1.54, 1.807) is 23.5 Å². The highest BCUT2D eigenvalue weighted by molar-refractivity contribution is 7.09. The van der Waals surface area contributed by atoms with Gasteiger partial charge in [0, 0.05) is 62.0 Å². The minimum absolute atomic E-state index is 0.0265. The van der Waals surface area contributed by atoms with Crippen molar-refractivity contribution in [1.82, 2.24) is 15.1 Å². The number of nitrogens with zero attached hydrogens (tertiary/aromatic N) is 4. The molecule has 10 heteroatoms. The first kappa shape index (κ1) is 23.7. The summed E-state index contributed by atoms with van der Waals surface area (Å²) in [5.74, 6) is -0.196. The van der Waals surface area contributed by atoms with E-state index in [0.717, 1.165) is 50.1 Å². The van der Waals surface area contributed by atoms with Gasteiger partial charge in [0.1, 0.15) is 0 Å². The van der Waals surface area contributed by atoms with Gasteiger partial charge in [0.25, 0.3) is 5.69 Å². The van der Waals surface area contributed by atoms with E-state index >= 15 is 0 Å². The van der Waals surface area contributed by atoms with Gasteiger partial charge in [-0.15, -0.1) is 11.3 Å². The van der Waals surface area contributed by atoms with Crippen molar-refractivity contribution in [3.63, 3.8) is 0 Å². The number of likely N-dealkylation sites (tertiary alicyclic amines) is 1. The van der Waals surface area contributed by atoms with E-state index in [0.29, 0.717) is 32.6 Å². The number of piperazine rings is 1. The van der Waals surface area contributed by atoms with Gasteiger partial charge < -0.3 is 15.1 Å². The number of rotatable bonds is 7. The van der Waals surface area contributed by atoms with Gasteiger partial charge in [-0.1, -0.05) is 6.07 Å². The lowest BCUT2D eigenvalue weighted by molar-refractivity contribution is -0.384. The summed E-state index contributed by atoms with van der Waals surface area (Å²) in [5.41, 5.74) is 1.86. The van der Waals surface area contributed by atoms with Gasteiger partial charge in [-0.2, -0.15) is 0 Å². The number of non-ortho nitro benzene ring substituents is 1. The second-order valence-corrected chi connectivity index (χ2v) is 10.6. The van der Waals surface area contributed by atoms with Crippen molar-refractivity contribution in [3.05, 3.63) is 56.3 Å². The Balaban J connectivity index is 1.33. The SMILES string of the molecule is O=C(NCCc1cccs1)[C@H]1Cc2cc([N+](=O)[O-])ccc2N2CCN(CC(=O)N3CCCC3)C[C@H]12. The maximum atomic E-state index is 13.4. The van der Waals surface area contributed by atoms with Crippen LogP contribution in [0.5, 0.6) is 0 Å². The molecule has 0 spiro atoms. The normalized spacial score (nSPS) is 21.9. The fraction of sp³-hybridized carbons (Fsp3) is 0.520. The standard InChI is InChI=1S/C25H31N5O4S/c31-24(28-9-1-2-10-28)17-27-11-12-29-22-6-5-19(30(33)34)14-18(22)15-21(23(29)16-27)25(32)26-8-7-20-4-3-13-35-20/h3-6,13-14,21,23H,1-2,7-12,15-17H2,(H,26,32)/t21-,23+/m0/s1. The van der Waals surface area contributed by atoms with Crippen molar-refractivity contribution in [2.45, 2.75) is 31.7 Å². The van der Waals surface area contributed by atoms with Crippen LogP contribution in [0.25, 0.3) is 0 Å². The Bertz CT molecular complexity index is 1090. The number of thiophene rings is 1. The predicted molar refractivity (Wildman–Crippen MR) is 135 cm³/mol. The number of amides is 2. The van der Waals surface area contributed by atoms with Gasteiger partial charge in [0.15, 0.2) is 0 Å². The second kappa shape index (κ2) is 10.3. The fourth-order valence-electron chi connectivity index (χ4n) is 5.58. The van der Waals surface area contributed by atoms with E-state index in [9.17, 15) is 19.7 Å². The van der Waals surface area contributed by atoms with E-state index < -0.39 is 0 Å².